The second-order valence-electron chi connectivity index (χ2n) is 7.17. The number of amides is 1. The van der Waals surface area contributed by atoms with Crippen molar-refractivity contribution in [2.24, 2.45) is 5.92 Å². The van der Waals surface area contributed by atoms with Crippen LogP contribution in [0.3, 0.4) is 0 Å². The zero-order chi connectivity index (χ0) is 19.0. The van der Waals surface area contributed by atoms with Crippen LogP contribution in [0.15, 0.2) is 48.5 Å². The molecule has 4 rings (SSSR count). The van der Waals surface area contributed by atoms with E-state index in [1.165, 1.54) is 0 Å². The van der Waals surface area contributed by atoms with Gasteiger partial charge in [0.15, 0.2) is 0 Å². The molecule has 1 saturated carbocycles. The molecule has 0 bridgehead atoms. The van der Waals surface area contributed by atoms with Gasteiger partial charge in [-0.05, 0) is 54.2 Å². The van der Waals surface area contributed by atoms with E-state index in [1.807, 2.05) is 53.4 Å². The number of hydrogen-bond donors (Lipinski definition) is 1. The molecule has 3 atom stereocenters. The first-order chi connectivity index (χ1) is 13.1. The first kappa shape index (κ1) is 18.8. The molecule has 0 aromatic heterocycles. The summed E-state index contributed by atoms with van der Waals surface area (Å²) in [5, 5.41) is 11.3. The molecule has 1 saturated heterocycles. The van der Waals surface area contributed by atoms with E-state index < -0.39 is 0 Å². The number of aliphatic hydroxyl groups excluding tert-OH is 1. The molecule has 1 heterocycles. The number of halogens is 2. The molecule has 6 heteroatoms. The number of rotatable bonds is 5. The molecule has 1 N–H and O–H groups in total. The topological polar surface area (TPSA) is 49.8 Å². The maximum atomic E-state index is 12.9. The third kappa shape index (κ3) is 3.85. The molecule has 1 aliphatic carbocycles. The van der Waals surface area contributed by atoms with E-state index in [-0.39, 0.29) is 37.3 Å². The molecule has 1 unspecified atom stereocenters. The lowest BCUT2D eigenvalue weighted by Crippen LogP contribution is -2.52. The van der Waals surface area contributed by atoms with Gasteiger partial charge in [-0.25, -0.2) is 0 Å². The number of carbonyl (C=O) groups excluding carboxylic acids is 1. The largest absolute Gasteiger partial charge is 0.394 e. The molecule has 2 fully saturated rings. The fourth-order valence-electron chi connectivity index (χ4n) is 3.92. The van der Waals surface area contributed by atoms with E-state index >= 15 is 0 Å². The van der Waals surface area contributed by atoms with Crippen LogP contribution in [0.25, 0.3) is 0 Å². The molecule has 1 aliphatic heterocycles. The molecule has 27 heavy (non-hydrogen) atoms. The highest BCUT2D eigenvalue weighted by molar-refractivity contribution is 6.30. The van der Waals surface area contributed by atoms with Gasteiger partial charge in [0.25, 0.3) is 0 Å². The van der Waals surface area contributed by atoms with Crippen molar-refractivity contribution in [3.05, 3.63) is 69.7 Å². The molecule has 2 aliphatic rings. The molecule has 142 valence electrons. The highest BCUT2D eigenvalue weighted by Gasteiger charge is 2.46. The number of morpholine rings is 1. The molecule has 0 spiro atoms. The minimum Gasteiger partial charge on any atom is -0.394 e. The van der Waals surface area contributed by atoms with Gasteiger partial charge in [-0.3, -0.25) is 4.79 Å². The van der Waals surface area contributed by atoms with E-state index in [9.17, 15) is 9.90 Å². The van der Waals surface area contributed by atoms with Gasteiger partial charge in [-0.2, -0.15) is 0 Å². The molecule has 0 radical (unpaired) electrons. The Kier molecular flexibility index (Phi) is 5.42. The number of benzene rings is 2. The fraction of sp³-hybridized carbons (Fsp3) is 0.381. The van der Waals surface area contributed by atoms with Crippen molar-refractivity contribution in [1.29, 1.82) is 0 Å². The SMILES string of the molecule is O=C1COC(c2cccc(Cl)c2)[C@@H](c2ccc(Cl)cc2)N1[C@@H](CO)C1CC1. The summed E-state index contributed by atoms with van der Waals surface area (Å²) in [4.78, 5) is 14.7. The predicted octanol–water partition coefficient (Wildman–Crippen LogP) is 4.41. The standard InChI is InChI=1S/C21H21Cl2NO3/c22-16-8-6-14(7-9-16)20-21(15-2-1-3-17(23)10-15)27-12-19(26)24(20)18(11-25)13-4-5-13/h1-3,6-10,13,18,20-21,25H,4-5,11-12H2/t18-,20+,21?/m0/s1. The van der Waals surface area contributed by atoms with E-state index in [0.29, 0.717) is 16.0 Å². The summed E-state index contributed by atoms with van der Waals surface area (Å²) in [5.41, 5.74) is 1.84. The predicted molar refractivity (Wildman–Crippen MR) is 105 cm³/mol. The van der Waals surface area contributed by atoms with Crippen LogP contribution in [0.4, 0.5) is 0 Å². The molecule has 1 amide bonds. The summed E-state index contributed by atoms with van der Waals surface area (Å²) in [5.74, 6) is 0.242. The maximum absolute atomic E-state index is 12.9. The lowest BCUT2D eigenvalue weighted by atomic mass is 9.91. The van der Waals surface area contributed by atoms with Crippen LogP contribution in [-0.2, 0) is 9.53 Å². The minimum absolute atomic E-state index is 0.00943. The molecular formula is C21H21Cl2NO3. The average Bonchev–Trinajstić information content (AvgIpc) is 3.49. The van der Waals surface area contributed by atoms with Crippen molar-refractivity contribution in [3.63, 3.8) is 0 Å². The number of hydrogen-bond acceptors (Lipinski definition) is 3. The number of carbonyl (C=O) groups is 1. The van der Waals surface area contributed by atoms with Gasteiger partial charge in [0.1, 0.15) is 12.7 Å². The van der Waals surface area contributed by atoms with Crippen LogP contribution in [-0.4, -0.2) is 35.2 Å². The van der Waals surface area contributed by atoms with Gasteiger partial charge in [0.05, 0.1) is 18.7 Å². The van der Waals surface area contributed by atoms with E-state index in [1.54, 1.807) is 0 Å². The van der Waals surface area contributed by atoms with Crippen molar-refractivity contribution in [3.8, 4) is 0 Å². The molecular weight excluding hydrogens is 385 g/mol. The van der Waals surface area contributed by atoms with Gasteiger partial charge in [0, 0.05) is 10.0 Å². The minimum atomic E-state index is -0.365. The highest BCUT2D eigenvalue weighted by atomic mass is 35.5. The summed E-state index contributed by atoms with van der Waals surface area (Å²) in [6.45, 7) is -0.0622. The first-order valence-electron chi connectivity index (χ1n) is 9.13. The lowest BCUT2D eigenvalue weighted by molar-refractivity contribution is -0.165. The number of aliphatic hydroxyl groups is 1. The molecule has 2 aromatic carbocycles. The third-order valence-electron chi connectivity index (χ3n) is 5.36. The van der Waals surface area contributed by atoms with Crippen molar-refractivity contribution in [1.82, 2.24) is 4.90 Å². The Hall–Kier alpha value is -1.59. The number of ether oxygens (including phenoxy) is 1. The van der Waals surface area contributed by atoms with Crippen LogP contribution in [0.1, 0.15) is 36.1 Å². The Morgan fingerprint density at radius 2 is 1.81 bits per heavy atom. The Bertz CT molecular complexity index is 822. The molecule has 4 nitrogen and oxygen atoms in total. The highest BCUT2D eigenvalue weighted by Crippen LogP contribution is 2.46. The van der Waals surface area contributed by atoms with E-state index in [2.05, 4.69) is 0 Å². The van der Waals surface area contributed by atoms with Gasteiger partial charge in [-0.15, -0.1) is 0 Å². The van der Waals surface area contributed by atoms with Gasteiger partial charge in [0.2, 0.25) is 5.91 Å². The second-order valence-corrected chi connectivity index (χ2v) is 8.04. The van der Waals surface area contributed by atoms with Crippen LogP contribution < -0.4 is 0 Å². The Labute approximate surface area is 168 Å². The maximum Gasteiger partial charge on any atom is 0.249 e. The summed E-state index contributed by atoms with van der Waals surface area (Å²) >= 11 is 12.3. The van der Waals surface area contributed by atoms with Crippen LogP contribution in [0.2, 0.25) is 10.0 Å². The summed E-state index contributed by atoms with van der Waals surface area (Å²) in [7, 11) is 0. The Morgan fingerprint density at radius 3 is 2.44 bits per heavy atom. The van der Waals surface area contributed by atoms with E-state index in [4.69, 9.17) is 27.9 Å². The average molecular weight is 406 g/mol. The van der Waals surface area contributed by atoms with Gasteiger partial charge in [-0.1, -0.05) is 47.5 Å². The second kappa shape index (κ2) is 7.80. The normalized spacial score (nSPS) is 24.1. The molecule has 2 aromatic rings. The van der Waals surface area contributed by atoms with Crippen LogP contribution in [0, 0.1) is 5.92 Å². The third-order valence-corrected chi connectivity index (χ3v) is 5.85. The van der Waals surface area contributed by atoms with Gasteiger partial charge >= 0.3 is 0 Å². The van der Waals surface area contributed by atoms with Crippen LogP contribution >= 0.6 is 23.2 Å². The zero-order valence-electron chi connectivity index (χ0n) is 14.7. The number of nitrogens with zero attached hydrogens (tertiary/aromatic N) is 1. The summed E-state index contributed by atoms with van der Waals surface area (Å²) in [6, 6.07) is 14.4. The first-order valence-corrected chi connectivity index (χ1v) is 9.88. The smallest absolute Gasteiger partial charge is 0.249 e. The van der Waals surface area contributed by atoms with Crippen molar-refractivity contribution >= 4 is 29.1 Å². The van der Waals surface area contributed by atoms with Crippen LogP contribution in [0.5, 0.6) is 0 Å². The fourth-order valence-corrected chi connectivity index (χ4v) is 4.25. The Morgan fingerprint density at radius 1 is 1.07 bits per heavy atom. The lowest BCUT2D eigenvalue weighted by Gasteiger charge is -2.45. The van der Waals surface area contributed by atoms with Crippen molar-refractivity contribution < 1.29 is 14.6 Å². The quantitative estimate of drug-likeness (QED) is 0.801. The van der Waals surface area contributed by atoms with Crippen molar-refractivity contribution in [2.45, 2.75) is 31.0 Å². The van der Waals surface area contributed by atoms with Gasteiger partial charge < -0.3 is 14.7 Å². The van der Waals surface area contributed by atoms with E-state index in [0.717, 1.165) is 24.0 Å². The van der Waals surface area contributed by atoms with Crippen molar-refractivity contribution in [2.75, 3.05) is 13.2 Å². The summed E-state index contributed by atoms with van der Waals surface area (Å²) < 4.78 is 5.99. The summed E-state index contributed by atoms with van der Waals surface area (Å²) in [6.07, 6.45) is 1.70. The zero-order valence-corrected chi connectivity index (χ0v) is 16.2. The monoisotopic (exact) mass is 405 g/mol. The Balaban J connectivity index is 1.79.